The molecule has 25 heavy (non-hydrogen) atoms. The highest BCUT2D eigenvalue weighted by molar-refractivity contribution is 6.03. The van der Waals surface area contributed by atoms with E-state index in [1.165, 1.54) is 0 Å². The first-order chi connectivity index (χ1) is 12.0. The van der Waals surface area contributed by atoms with E-state index in [4.69, 9.17) is 5.73 Å². The van der Waals surface area contributed by atoms with Crippen molar-refractivity contribution in [2.24, 2.45) is 11.7 Å². The maximum absolute atomic E-state index is 12.5. The van der Waals surface area contributed by atoms with Crippen LogP contribution in [0.1, 0.15) is 28.9 Å². The molecule has 1 aliphatic heterocycles. The Morgan fingerprint density at radius 3 is 2.48 bits per heavy atom. The first-order valence-corrected chi connectivity index (χ1v) is 8.29. The molecule has 0 saturated carbocycles. The zero-order valence-corrected chi connectivity index (χ0v) is 14.1. The van der Waals surface area contributed by atoms with E-state index in [0.717, 1.165) is 37.4 Å². The first-order valence-electron chi connectivity index (χ1n) is 8.29. The van der Waals surface area contributed by atoms with Crippen LogP contribution in [-0.4, -0.2) is 35.1 Å². The van der Waals surface area contributed by atoms with Gasteiger partial charge in [-0.1, -0.05) is 12.1 Å². The largest absolute Gasteiger partial charge is 0.366 e. The predicted octanol–water partition coefficient (Wildman–Crippen LogP) is 1.74. The van der Waals surface area contributed by atoms with Crippen LogP contribution >= 0.6 is 0 Å². The number of hydrogen-bond donors (Lipinski definition) is 2. The summed E-state index contributed by atoms with van der Waals surface area (Å²) in [4.78, 5) is 26.1. The van der Waals surface area contributed by atoms with E-state index in [-0.39, 0.29) is 11.8 Å². The van der Waals surface area contributed by atoms with Gasteiger partial charge >= 0.3 is 0 Å². The van der Waals surface area contributed by atoms with Crippen LogP contribution in [0.3, 0.4) is 0 Å². The van der Waals surface area contributed by atoms with E-state index in [2.05, 4.69) is 20.4 Å². The molecule has 0 bridgehead atoms. The van der Waals surface area contributed by atoms with Gasteiger partial charge in [-0.25, -0.2) is 0 Å². The van der Waals surface area contributed by atoms with Crippen LogP contribution in [0.15, 0.2) is 36.4 Å². The fraction of sp³-hybridized carbons (Fsp3) is 0.333. The first kappa shape index (κ1) is 16.9. The molecule has 2 amide bonds. The number of primary amides is 1. The van der Waals surface area contributed by atoms with Gasteiger partial charge in [0.2, 0.25) is 5.91 Å². The quantitative estimate of drug-likeness (QED) is 0.883. The molecule has 1 aliphatic rings. The van der Waals surface area contributed by atoms with Crippen molar-refractivity contribution in [1.82, 2.24) is 10.2 Å². The third-order valence-corrected chi connectivity index (χ3v) is 4.42. The predicted molar refractivity (Wildman–Crippen MR) is 95.3 cm³/mol. The zero-order chi connectivity index (χ0) is 17.8. The van der Waals surface area contributed by atoms with E-state index in [0.29, 0.717) is 11.3 Å². The molecule has 1 saturated heterocycles. The smallest absolute Gasteiger partial charge is 0.250 e. The Morgan fingerprint density at radius 2 is 1.84 bits per heavy atom. The molecule has 0 aliphatic carbocycles. The Morgan fingerprint density at radius 1 is 1.12 bits per heavy atom. The van der Waals surface area contributed by atoms with Crippen LogP contribution in [0.4, 0.5) is 11.5 Å². The Kier molecular flexibility index (Phi) is 4.92. The molecule has 1 aromatic carbocycles. The lowest BCUT2D eigenvalue weighted by atomic mass is 9.95. The molecule has 0 radical (unpaired) electrons. The number of nitrogens with two attached hydrogens (primary N) is 1. The highest BCUT2D eigenvalue weighted by Crippen LogP contribution is 2.23. The Hall–Kier alpha value is -2.96. The van der Waals surface area contributed by atoms with E-state index >= 15 is 0 Å². The number of aryl methyl sites for hydroxylation is 1. The number of para-hydroxylation sites is 1. The van der Waals surface area contributed by atoms with Crippen LogP contribution in [0, 0.1) is 12.8 Å². The molecule has 130 valence electrons. The third kappa shape index (κ3) is 3.93. The summed E-state index contributed by atoms with van der Waals surface area (Å²) in [7, 11) is 0. The Balaban J connectivity index is 1.60. The molecule has 2 aromatic rings. The van der Waals surface area contributed by atoms with Crippen molar-refractivity contribution in [3.63, 3.8) is 0 Å². The number of nitrogens with one attached hydrogen (secondary N) is 1. The number of amides is 2. The summed E-state index contributed by atoms with van der Waals surface area (Å²) >= 11 is 0. The summed E-state index contributed by atoms with van der Waals surface area (Å²) in [5, 5.41) is 11.1. The molecule has 1 fully saturated rings. The molecule has 1 aromatic heterocycles. The fourth-order valence-electron chi connectivity index (χ4n) is 2.97. The average Bonchev–Trinajstić information content (AvgIpc) is 2.63. The number of rotatable bonds is 4. The fourth-order valence-corrected chi connectivity index (χ4v) is 2.97. The van der Waals surface area contributed by atoms with Gasteiger partial charge in [-0.15, -0.1) is 5.10 Å². The van der Waals surface area contributed by atoms with Gasteiger partial charge in [0.25, 0.3) is 5.91 Å². The van der Waals surface area contributed by atoms with E-state index in [9.17, 15) is 9.59 Å². The zero-order valence-electron chi connectivity index (χ0n) is 14.1. The standard InChI is InChI=1S/C18H21N5O2/c1-12-6-7-16(22-21-12)23-10-8-13(9-11-23)18(25)20-15-5-3-2-4-14(15)17(19)24/h2-7,13H,8-11H2,1H3,(H2,19,24)(H,20,25). The van der Waals surface area contributed by atoms with E-state index in [1.807, 2.05) is 19.1 Å². The Labute approximate surface area is 146 Å². The molecule has 7 nitrogen and oxygen atoms in total. The second kappa shape index (κ2) is 7.29. The third-order valence-electron chi connectivity index (χ3n) is 4.42. The maximum atomic E-state index is 12.5. The number of carbonyl (C=O) groups excluding carboxylic acids is 2. The Bertz CT molecular complexity index is 767. The van der Waals surface area contributed by atoms with Crippen molar-refractivity contribution in [3.8, 4) is 0 Å². The van der Waals surface area contributed by atoms with Crippen molar-refractivity contribution in [3.05, 3.63) is 47.7 Å². The summed E-state index contributed by atoms with van der Waals surface area (Å²) in [5.41, 5.74) is 7.02. The lowest BCUT2D eigenvalue weighted by Gasteiger charge is -2.31. The number of aromatic nitrogens is 2. The van der Waals surface area contributed by atoms with Crippen molar-refractivity contribution >= 4 is 23.3 Å². The van der Waals surface area contributed by atoms with Gasteiger partial charge in [0.15, 0.2) is 5.82 Å². The molecule has 7 heteroatoms. The lowest BCUT2D eigenvalue weighted by Crippen LogP contribution is -2.38. The van der Waals surface area contributed by atoms with Gasteiger partial charge < -0.3 is 16.0 Å². The molecule has 0 atom stereocenters. The summed E-state index contributed by atoms with van der Waals surface area (Å²) in [6, 6.07) is 10.7. The minimum absolute atomic E-state index is 0.0802. The molecular weight excluding hydrogens is 318 g/mol. The van der Waals surface area contributed by atoms with Crippen molar-refractivity contribution < 1.29 is 9.59 Å². The van der Waals surface area contributed by atoms with Crippen molar-refractivity contribution in [1.29, 1.82) is 0 Å². The second-order valence-electron chi connectivity index (χ2n) is 6.19. The summed E-state index contributed by atoms with van der Waals surface area (Å²) in [5.74, 6) is 0.103. The second-order valence-corrected chi connectivity index (χ2v) is 6.19. The number of piperidine rings is 1. The molecule has 3 N–H and O–H groups in total. The van der Waals surface area contributed by atoms with E-state index in [1.54, 1.807) is 24.3 Å². The van der Waals surface area contributed by atoms with Gasteiger partial charge in [0.05, 0.1) is 16.9 Å². The molecule has 3 rings (SSSR count). The topological polar surface area (TPSA) is 101 Å². The van der Waals surface area contributed by atoms with Gasteiger partial charge in [-0.3, -0.25) is 9.59 Å². The van der Waals surface area contributed by atoms with Crippen LogP contribution in [0.25, 0.3) is 0 Å². The summed E-state index contributed by atoms with van der Waals surface area (Å²) in [6.07, 6.45) is 1.44. The number of hydrogen-bond acceptors (Lipinski definition) is 5. The van der Waals surface area contributed by atoms with Gasteiger partial charge in [0.1, 0.15) is 0 Å². The van der Waals surface area contributed by atoms with Crippen LogP contribution in [-0.2, 0) is 4.79 Å². The normalized spacial score (nSPS) is 15.0. The van der Waals surface area contributed by atoms with Crippen LogP contribution in [0.2, 0.25) is 0 Å². The van der Waals surface area contributed by atoms with Gasteiger partial charge in [0, 0.05) is 19.0 Å². The van der Waals surface area contributed by atoms with Crippen LogP contribution < -0.4 is 16.0 Å². The van der Waals surface area contributed by atoms with Gasteiger partial charge in [-0.2, -0.15) is 5.10 Å². The van der Waals surface area contributed by atoms with Crippen molar-refractivity contribution in [2.45, 2.75) is 19.8 Å². The minimum atomic E-state index is -0.552. The molecule has 0 unspecified atom stereocenters. The minimum Gasteiger partial charge on any atom is -0.366 e. The van der Waals surface area contributed by atoms with Crippen LogP contribution in [0.5, 0.6) is 0 Å². The highest BCUT2D eigenvalue weighted by Gasteiger charge is 2.26. The average molecular weight is 339 g/mol. The number of benzene rings is 1. The lowest BCUT2D eigenvalue weighted by molar-refractivity contribution is -0.120. The monoisotopic (exact) mass is 339 g/mol. The maximum Gasteiger partial charge on any atom is 0.250 e. The summed E-state index contributed by atoms with van der Waals surface area (Å²) < 4.78 is 0. The van der Waals surface area contributed by atoms with E-state index < -0.39 is 5.91 Å². The number of carbonyl (C=O) groups is 2. The van der Waals surface area contributed by atoms with Crippen molar-refractivity contribution in [2.75, 3.05) is 23.3 Å². The SMILES string of the molecule is Cc1ccc(N2CCC(C(=O)Nc3ccccc3C(N)=O)CC2)nn1. The summed E-state index contributed by atoms with van der Waals surface area (Å²) in [6.45, 7) is 3.39. The number of anilines is 2. The van der Waals surface area contributed by atoms with Gasteiger partial charge in [-0.05, 0) is 44.0 Å². The molecule has 0 spiro atoms. The number of nitrogens with zero attached hydrogens (tertiary/aromatic N) is 3. The molecule has 2 heterocycles. The highest BCUT2D eigenvalue weighted by atomic mass is 16.2. The molecular formula is C18H21N5O2.